The van der Waals surface area contributed by atoms with Crippen LogP contribution < -0.4 is 5.32 Å². The number of rotatable bonds is 1. The molecule has 2 atom stereocenters. The second-order valence-corrected chi connectivity index (χ2v) is 2.77. The summed E-state index contributed by atoms with van der Waals surface area (Å²) in [4.78, 5) is 10.3. The maximum atomic E-state index is 11.9. The monoisotopic (exact) mass is 183 g/mol. The van der Waals surface area contributed by atoms with Gasteiger partial charge in [0.05, 0.1) is 5.92 Å². The highest BCUT2D eigenvalue weighted by atomic mass is 19.4. The molecule has 2 N–H and O–H groups in total. The number of carbonyl (C=O) groups is 1. The Morgan fingerprint density at radius 1 is 1.50 bits per heavy atom. The smallest absolute Gasteiger partial charge is 0.403 e. The van der Waals surface area contributed by atoms with Gasteiger partial charge in [-0.2, -0.15) is 13.2 Å². The summed E-state index contributed by atoms with van der Waals surface area (Å²) in [7, 11) is 0. The summed E-state index contributed by atoms with van der Waals surface area (Å²) in [6.45, 7) is -0.0977. The lowest BCUT2D eigenvalue weighted by Crippen LogP contribution is -2.36. The first-order valence-corrected chi connectivity index (χ1v) is 3.44. The van der Waals surface area contributed by atoms with Crippen LogP contribution in [0.1, 0.15) is 6.42 Å². The average Bonchev–Trinajstić information content (AvgIpc) is 2.30. The minimum absolute atomic E-state index is 0.0977. The van der Waals surface area contributed by atoms with Crippen LogP contribution in [0.25, 0.3) is 0 Å². The van der Waals surface area contributed by atoms with Crippen molar-refractivity contribution in [2.24, 2.45) is 5.92 Å². The van der Waals surface area contributed by atoms with Crippen LogP contribution in [0.3, 0.4) is 0 Å². The van der Waals surface area contributed by atoms with Gasteiger partial charge in [-0.25, -0.2) is 0 Å². The lowest BCUT2D eigenvalue weighted by Gasteiger charge is -2.13. The molecule has 0 aromatic rings. The van der Waals surface area contributed by atoms with Gasteiger partial charge < -0.3 is 10.4 Å². The summed E-state index contributed by atoms with van der Waals surface area (Å²) in [5.74, 6) is -2.08. The SMILES string of the molecule is O=C(O)[C@@H]1CN[C@@H](C(F)(F)F)C1. The molecule has 1 aliphatic rings. The second kappa shape index (κ2) is 2.93. The molecule has 0 spiro atoms. The number of aliphatic carboxylic acids is 1. The minimum Gasteiger partial charge on any atom is -0.481 e. The lowest BCUT2D eigenvalue weighted by atomic mass is 10.1. The fraction of sp³-hybridized carbons (Fsp3) is 0.833. The second-order valence-electron chi connectivity index (χ2n) is 2.77. The van der Waals surface area contributed by atoms with E-state index in [1.54, 1.807) is 0 Å². The molecular weight excluding hydrogens is 175 g/mol. The highest BCUT2D eigenvalue weighted by Gasteiger charge is 2.45. The van der Waals surface area contributed by atoms with E-state index in [2.05, 4.69) is 5.32 Å². The summed E-state index contributed by atoms with van der Waals surface area (Å²) >= 11 is 0. The largest absolute Gasteiger partial charge is 0.481 e. The molecule has 1 heterocycles. The first-order chi connectivity index (χ1) is 5.41. The Hall–Kier alpha value is -0.780. The third-order valence-corrected chi connectivity index (χ3v) is 1.88. The number of hydrogen-bond acceptors (Lipinski definition) is 2. The Kier molecular flexibility index (Phi) is 2.27. The Labute approximate surface area is 66.6 Å². The molecule has 12 heavy (non-hydrogen) atoms. The van der Waals surface area contributed by atoms with Crippen LogP contribution in [-0.2, 0) is 4.79 Å². The molecule has 1 aliphatic heterocycles. The van der Waals surface area contributed by atoms with E-state index in [4.69, 9.17) is 5.11 Å². The van der Waals surface area contributed by atoms with Crippen molar-refractivity contribution in [2.75, 3.05) is 6.54 Å². The molecule has 70 valence electrons. The van der Waals surface area contributed by atoms with Crippen LogP contribution >= 0.6 is 0 Å². The molecule has 0 aromatic heterocycles. The molecule has 3 nitrogen and oxygen atoms in total. The first kappa shape index (κ1) is 9.31. The molecule has 0 amide bonds. The van der Waals surface area contributed by atoms with Crippen LogP contribution in [0.2, 0.25) is 0 Å². The van der Waals surface area contributed by atoms with Gasteiger partial charge in [0.15, 0.2) is 0 Å². The molecule has 1 fully saturated rings. The average molecular weight is 183 g/mol. The quantitative estimate of drug-likeness (QED) is 0.626. The summed E-state index contributed by atoms with van der Waals surface area (Å²) in [5.41, 5.74) is 0. The van der Waals surface area contributed by atoms with E-state index < -0.39 is 24.1 Å². The summed E-state index contributed by atoms with van der Waals surface area (Å²) < 4.78 is 35.8. The molecule has 0 unspecified atom stereocenters. The van der Waals surface area contributed by atoms with E-state index in [9.17, 15) is 18.0 Å². The summed E-state index contributed by atoms with van der Waals surface area (Å²) in [6.07, 6.45) is -4.69. The molecule has 6 heteroatoms. The third kappa shape index (κ3) is 1.88. The highest BCUT2D eigenvalue weighted by molar-refractivity contribution is 5.70. The van der Waals surface area contributed by atoms with Crippen molar-refractivity contribution in [1.82, 2.24) is 5.32 Å². The molecule has 0 aromatic carbocycles. The fourth-order valence-electron chi connectivity index (χ4n) is 1.17. The van der Waals surface area contributed by atoms with Gasteiger partial charge in [0.1, 0.15) is 6.04 Å². The van der Waals surface area contributed by atoms with Gasteiger partial charge in [-0.3, -0.25) is 4.79 Å². The van der Waals surface area contributed by atoms with Crippen molar-refractivity contribution in [3.63, 3.8) is 0 Å². The van der Waals surface area contributed by atoms with E-state index in [0.717, 1.165) is 0 Å². The predicted octanol–water partition coefficient (Wildman–Crippen LogP) is 0.611. The Bertz CT molecular complexity index is 192. The Morgan fingerprint density at radius 2 is 2.08 bits per heavy atom. The highest BCUT2D eigenvalue weighted by Crippen LogP contribution is 2.28. The van der Waals surface area contributed by atoms with Gasteiger partial charge in [-0.05, 0) is 6.42 Å². The number of halogens is 3. The van der Waals surface area contributed by atoms with Crippen molar-refractivity contribution in [2.45, 2.75) is 18.6 Å². The van der Waals surface area contributed by atoms with Crippen molar-refractivity contribution < 1.29 is 23.1 Å². The van der Waals surface area contributed by atoms with Crippen molar-refractivity contribution >= 4 is 5.97 Å². The van der Waals surface area contributed by atoms with Crippen molar-refractivity contribution in [1.29, 1.82) is 0 Å². The topological polar surface area (TPSA) is 49.3 Å². The third-order valence-electron chi connectivity index (χ3n) is 1.88. The maximum absolute atomic E-state index is 11.9. The predicted molar refractivity (Wildman–Crippen MR) is 33.6 cm³/mol. The summed E-state index contributed by atoms with van der Waals surface area (Å²) in [6, 6.07) is -1.65. The Balaban J connectivity index is 2.51. The van der Waals surface area contributed by atoms with Gasteiger partial charge in [0.2, 0.25) is 0 Å². The van der Waals surface area contributed by atoms with Crippen molar-refractivity contribution in [3.8, 4) is 0 Å². The standard InChI is InChI=1S/C6H8F3NO2/c7-6(8,9)4-1-3(2-10-4)5(11)12/h3-4,10H,1-2H2,(H,11,12)/t3-,4+/m0/s1. The van der Waals surface area contributed by atoms with Gasteiger partial charge in [-0.15, -0.1) is 0 Å². The van der Waals surface area contributed by atoms with E-state index in [-0.39, 0.29) is 13.0 Å². The van der Waals surface area contributed by atoms with Crippen LogP contribution in [0, 0.1) is 5.92 Å². The normalized spacial score (nSPS) is 30.6. The molecular formula is C6H8F3NO2. The molecule has 0 bridgehead atoms. The minimum atomic E-state index is -4.33. The van der Waals surface area contributed by atoms with Gasteiger partial charge in [0.25, 0.3) is 0 Å². The zero-order chi connectivity index (χ0) is 9.35. The Morgan fingerprint density at radius 3 is 2.33 bits per heavy atom. The number of hydrogen-bond donors (Lipinski definition) is 2. The van der Waals surface area contributed by atoms with Crippen LogP contribution in [0.5, 0.6) is 0 Å². The number of carboxylic acid groups (broad SMARTS) is 1. The fourth-order valence-corrected chi connectivity index (χ4v) is 1.17. The van der Waals surface area contributed by atoms with Gasteiger partial charge in [-0.1, -0.05) is 0 Å². The number of alkyl halides is 3. The molecule has 0 radical (unpaired) electrons. The number of nitrogens with one attached hydrogen (secondary N) is 1. The molecule has 0 aliphatic carbocycles. The van der Waals surface area contributed by atoms with Crippen LogP contribution in [0.4, 0.5) is 13.2 Å². The van der Waals surface area contributed by atoms with E-state index in [1.807, 2.05) is 0 Å². The van der Waals surface area contributed by atoms with E-state index >= 15 is 0 Å². The summed E-state index contributed by atoms with van der Waals surface area (Å²) in [5, 5.41) is 10.5. The van der Waals surface area contributed by atoms with Crippen LogP contribution in [-0.4, -0.2) is 29.8 Å². The molecule has 1 rings (SSSR count). The zero-order valence-electron chi connectivity index (χ0n) is 6.06. The first-order valence-electron chi connectivity index (χ1n) is 3.44. The maximum Gasteiger partial charge on any atom is 0.403 e. The number of carboxylic acids is 1. The molecule has 1 saturated heterocycles. The zero-order valence-corrected chi connectivity index (χ0v) is 6.06. The van der Waals surface area contributed by atoms with Gasteiger partial charge in [0, 0.05) is 6.54 Å². The van der Waals surface area contributed by atoms with Crippen LogP contribution in [0.15, 0.2) is 0 Å². The van der Waals surface area contributed by atoms with Gasteiger partial charge >= 0.3 is 12.1 Å². The van der Waals surface area contributed by atoms with E-state index in [0.29, 0.717) is 0 Å². The van der Waals surface area contributed by atoms with Crippen molar-refractivity contribution in [3.05, 3.63) is 0 Å². The van der Waals surface area contributed by atoms with E-state index in [1.165, 1.54) is 0 Å². The lowest BCUT2D eigenvalue weighted by molar-refractivity contribution is -0.154. The molecule has 0 saturated carbocycles.